The largest absolute Gasteiger partial charge is 0.490 e. The van der Waals surface area contributed by atoms with Gasteiger partial charge in [0.2, 0.25) is 0 Å². The fourth-order valence-corrected chi connectivity index (χ4v) is 1.18. The van der Waals surface area contributed by atoms with Crippen LogP contribution in [0.5, 0.6) is 0 Å². The van der Waals surface area contributed by atoms with Gasteiger partial charge in [-0.05, 0) is 16.9 Å². The lowest BCUT2D eigenvalue weighted by Crippen LogP contribution is -2.32. The predicted octanol–water partition coefficient (Wildman–Crippen LogP) is 1.14. The standard InChI is InChI=1S/C10H15BO2/c1-8(2)9-4-6-10(7-5-9)11(12)13-3/h4-8,12H,1-3H3. The van der Waals surface area contributed by atoms with E-state index in [-0.39, 0.29) is 0 Å². The maximum absolute atomic E-state index is 9.34. The van der Waals surface area contributed by atoms with Crippen LogP contribution in [0.2, 0.25) is 0 Å². The summed E-state index contributed by atoms with van der Waals surface area (Å²) in [6.45, 7) is 4.28. The Labute approximate surface area is 79.7 Å². The van der Waals surface area contributed by atoms with Crippen LogP contribution in [0.3, 0.4) is 0 Å². The van der Waals surface area contributed by atoms with Gasteiger partial charge in [-0.2, -0.15) is 0 Å². The molecule has 1 aromatic carbocycles. The second-order valence-electron chi connectivity index (χ2n) is 3.41. The second kappa shape index (κ2) is 4.44. The number of benzene rings is 1. The molecule has 0 aliphatic rings. The molecule has 70 valence electrons. The first-order valence-corrected chi connectivity index (χ1v) is 4.46. The Morgan fingerprint density at radius 2 is 1.77 bits per heavy atom. The van der Waals surface area contributed by atoms with E-state index in [1.165, 1.54) is 12.7 Å². The first-order valence-electron chi connectivity index (χ1n) is 4.46. The fourth-order valence-electron chi connectivity index (χ4n) is 1.18. The summed E-state index contributed by atoms with van der Waals surface area (Å²) in [7, 11) is 0.683. The molecule has 0 saturated heterocycles. The zero-order valence-electron chi connectivity index (χ0n) is 8.32. The molecule has 1 aromatic rings. The Balaban J connectivity index is 2.81. The van der Waals surface area contributed by atoms with Gasteiger partial charge in [-0.3, -0.25) is 0 Å². The molecule has 0 heterocycles. The molecule has 3 heteroatoms. The molecule has 1 N–H and O–H groups in total. The van der Waals surface area contributed by atoms with Gasteiger partial charge >= 0.3 is 7.12 Å². The third-order valence-corrected chi connectivity index (χ3v) is 2.11. The average molecular weight is 178 g/mol. The minimum Gasteiger partial charge on any atom is -0.423 e. The molecular formula is C10H15BO2. The summed E-state index contributed by atoms with van der Waals surface area (Å²) in [5.41, 5.74) is 2.07. The molecule has 0 unspecified atom stereocenters. The normalized spacial score (nSPS) is 10.5. The molecule has 0 amide bonds. The van der Waals surface area contributed by atoms with Crippen molar-refractivity contribution in [3.05, 3.63) is 29.8 Å². The Bertz CT molecular complexity index is 256. The van der Waals surface area contributed by atoms with E-state index < -0.39 is 7.12 Å². The van der Waals surface area contributed by atoms with Gasteiger partial charge in [-0.15, -0.1) is 0 Å². The van der Waals surface area contributed by atoms with Crippen LogP contribution in [0, 0.1) is 0 Å². The van der Waals surface area contributed by atoms with E-state index in [4.69, 9.17) is 4.65 Å². The van der Waals surface area contributed by atoms with Crippen molar-refractivity contribution in [3.63, 3.8) is 0 Å². The highest BCUT2D eigenvalue weighted by molar-refractivity contribution is 6.59. The van der Waals surface area contributed by atoms with E-state index >= 15 is 0 Å². The second-order valence-corrected chi connectivity index (χ2v) is 3.41. The highest BCUT2D eigenvalue weighted by atomic mass is 16.5. The molecule has 0 saturated carbocycles. The lowest BCUT2D eigenvalue weighted by atomic mass is 9.79. The van der Waals surface area contributed by atoms with Crippen LogP contribution in [-0.2, 0) is 4.65 Å². The third kappa shape index (κ3) is 2.57. The smallest absolute Gasteiger partial charge is 0.423 e. The van der Waals surface area contributed by atoms with Crippen LogP contribution in [0.4, 0.5) is 0 Å². The van der Waals surface area contributed by atoms with Crippen molar-refractivity contribution in [2.75, 3.05) is 7.11 Å². The van der Waals surface area contributed by atoms with E-state index in [0.29, 0.717) is 5.92 Å². The van der Waals surface area contributed by atoms with Crippen molar-refractivity contribution in [1.29, 1.82) is 0 Å². The van der Waals surface area contributed by atoms with E-state index in [2.05, 4.69) is 13.8 Å². The first-order chi connectivity index (χ1) is 6.15. The molecule has 0 aromatic heterocycles. The predicted molar refractivity (Wildman–Crippen MR) is 55.1 cm³/mol. The lowest BCUT2D eigenvalue weighted by molar-refractivity contribution is 0.341. The van der Waals surface area contributed by atoms with E-state index in [1.54, 1.807) is 0 Å². The van der Waals surface area contributed by atoms with Gasteiger partial charge in [-0.1, -0.05) is 38.1 Å². The van der Waals surface area contributed by atoms with Crippen LogP contribution in [-0.4, -0.2) is 19.3 Å². The molecule has 0 atom stereocenters. The summed E-state index contributed by atoms with van der Waals surface area (Å²) in [6.07, 6.45) is 0. The molecule has 13 heavy (non-hydrogen) atoms. The van der Waals surface area contributed by atoms with Crippen LogP contribution < -0.4 is 5.46 Å². The molecule has 2 nitrogen and oxygen atoms in total. The summed E-state index contributed by atoms with van der Waals surface area (Å²) in [5.74, 6) is 0.522. The van der Waals surface area contributed by atoms with Crippen LogP contribution >= 0.6 is 0 Å². The topological polar surface area (TPSA) is 29.5 Å². The maximum atomic E-state index is 9.34. The molecule has 0 aliphatic heterocycles. The lowest BCUT2D eigenvalue weighted by Gasteiger charge is -2.07. The maximum Gasteiger partial charge on any atom is 0.490 e. The molecular weight excluding hydrogens is 163 g/mol. The molecule has 0 bridgehead atoms. The van der Waals surface area contributed by atoms with Crippen molar-refractivity contribution in [3.8, 4) is 0 Å². The van der Waals surface area contributed by atoms with Crippen molar-refractivity contribution < 1.29 is 9.68 Å². The summed E-state index contributed by atoms with van der Waals surface area (Å²) >= 11 is 0. The van der Waals surface area contributed by atoms with Crippen molar-refractivity contribution in [1.82, 2.24) is 0 Å². The van der Waals surface area contributed by atoms with Crippen LogP contribution in [0.1, 0.15) is 25.3 Å². The van der Waals surface area contributed by atoms with Crippen LogP contribution in [0.15, 0.2) is 24.3 Å². The van der Waals surface area contributed by atoms with Gasteiger partial charge in [0.15, 0.2) is 0 Å². The van der Waals surface area contributed by atoms with Gasteiger partial charge in [0.25, 0.3) is 0 Å². The molecule has 0 radical (unpaired) electrons. The number of hydrogen-bond acceptors (Lipinski definition) is 2. The Hall–Kier alpha value is -0.795. The summed E-state index contributed by atoms with van der Waals surface area (Å²) in [4.78, 5) is 0. The zero-order valence-corrected chi connectivity index (χ0v) is 8.32. The third-order valence-electron chi connectivity index (χ3n) is 2.11. The van der Waals surface area contributed by atoms with Gasteiger partial charge in [-0.25, -0.2) is 0 Å². The minimum absolute atomic E-state index is 0.522. The molecule has 0 spiro atoms. The first kappa shape index (κ1) is 10.3. The van der Waals surface area contributed by atoms with E-state index in [1.807, 2.05) is 24.3 Å². The van der Waals surface area contributed by atoms with Crippen LogP contribution in [0.25, 0.3) is 0 Å². The van der Waals surface area contributed by atoms with E-state index in [9.17, 15) is 5.02 Å². The van der Waals surface area contributed by atoms with Gasteiger partial charge in [0.1, 0.15) is 0 Å². The number of rotatable bonds is 3. The molecule has 0 fully saturated rings. The summed E-state index contributed by atoms with van der Waals surface area (Å²) in [6, 6.07) is 7.82. The number of hydrogen-bond donors (Lipinski definition) is 1. The van der Waals surface area contributed by atoms with Gasteiger partial charge in [0, 0.05) is 7.11 Å². The Morgan fingerprint density at radius 3 is 2.15 bits per heavy atom. The highest BCUT2D eigenvalue weighted by Gasteiger charge is 2.13. The fraction of sp³-hybridized carbons (Fsp3) is 0.400. The molecule has 1 rings (SSSR count). The van der Waals surface area contributed by atoms with E-state index in [0.717, 1.165) is 5.46 Å². The molecule has 0 aliphatic carbocycles. The van der Waals surface area contributed by atoms with Crippen molar-refractivity contribution in [2.45, 2.75) is 19.8 Å². The quantitative estimate of drug-likeness (QED) is 0.703. The van der Waals surface area contributed by atoms with Gasteiger partial charge in [0.05, 0.1) is 0 Å². The minimum atomic E-state index is -0.804. The Morgan fingerprint density at radius 1 is 1.23 bits per heavy atom. The van der Waals surface area contributed by atoms with Crippen molar-refractivity contribution in [2.24, 2.45) is 0 Å². The summed E-state index contributed by atoms with van der Waals surface area (Å²) in [5, 5.41) is 9.34. The average Bonchev–Trinajstić information content (AvgIpc) is 2.17. The van der Waals surface area contributed by atoms with Crippen molar-refractivity contribution >= 4 is 12.6 Å². The SMILES string of the molecule is COB(O)c1ccc(C(C)C)cc1. The highest BCUT2D eigenvalue weighted by Crippen LogP contribution is 2.11. The monoisotopic (exact) mass is 178 g/mol. The Kier molecular flexibility index (Phi) is 3.52. The zero-order chi connectivity index (χ0) is 9.84. The summed E-state index contributed by atoms with van der Waals surface area (Å²) < 4.78 is 4.79. The van der Waals surface area contributed by atoms with Gasteiger partial charge < -0.3 is 9.68 Å².